The van der Waals surface area contributed by atoms with Gasteiger partial charge in [0.05, 0.1) is 18.6 Å². The van der Waals surface area contributed by atoms with Gasteiger partial charge in [0.25, 0.3) is 0 Å². The Morgan fingerprint density at radius 1 is 0.692 bits per heavy atom. The van der Waals surface area contributed by atoms with Crippen LogP contribution in [0.1, 0.15) is 28.8 Å². The monoisotopic (exact) mass is 361 g/mol. The van der Waals surface area contributed by atoms with Gasteiger partial charge in [0.2, 0.25) is 0 Å². The van der Waals surface area contributed by atoms with E-state index in [2.05, 4.69) is 59.2 Å². The maximum atomic E-state index is 6.25. The average molecular weight is 362 g/mol. The third-order valence-corrected chi connectivity index (χ3v) is 4.97. The van der Waals surface area contributed by atoms with Crippen molar-refractivity contribution in [1.29, 1.82) is 0 Å². The van der Waals surface area contributed by atoms with Gasteiger partial charge in [-0.2, -0.15) is 0 Å². The topological polar surface area (TPSA) is 36.4 Å². The zero-order chi connectivity index (χ0) is 17.8. The van der Waals surface area contributed by atoms with Gasteiger partial charge in [-0.25, -0.2) is 4.99 Å². The van der Waals surface area contributed by atoms with Crippen LogP contribution in [0.5, 0.6) is 0 Å². The summed E-state index contributed by atoms with van der Waals surface area (Å²) in [6.07, 6.45) is 0. The van der Waals surface area contributed by atoms with Crippen molar-refractivity contribution >= 4 is 17.6 Å². The van der Waals surface area contributed by atoms with E-state index in [1.807, 2.05) is 36.4 Å². The van der Waals surface area contributed by atoms with Gasteiger partial charge in [0.1, 0.15) is 0 Å². The lowest BCUT2D eigenvalue weighted by Gasteiger charge is -2.19. The van der Waals surface area contributed by atoms with Gasteiger partial charge in [-0.15, -0.1) is 0 Å². The molecule has 3 aromatic rings. The van der Waals surface area contributed by atoms with Crippen molar-refractivity contribution in [2.45, 2.75) is 18.6 Å². The maximum absolute atomic E-state index is 6.25. The average Bonchev–Trinajstić information content (AvgIpc) is 3.13. The van der Waals surface area contributed by atoms with E-state index in [0.29, 0.717) is 6.54 Å². The van der Waals surface area contributed by atoms with Crippen LogP contribution in [0.2, 0.25) is 5.02 Å². The summed E-state index contributed by atoms with van der Waals surface area (Å²) in [7, 11) is 0. The molecule has 1 aliphatic heterocycles. The molecule has 0 aromatic heterocycles. The first-order chi connectivity index (χ1) is 12.8. The van der Waals surface area contributed by atoms with Gasteiger partial charge in [0.15, 0.2) is 5.96 Å². The number of aliphatic imine (C=N–C) groups is 1. The molecule has 1 fully saturated rings. The molecular formula is C22H20ClN3. The quantitative estimate of drug-likeness (QED) is 0.695. The van der Waals surface area contributed by atoms with Crippen molar-refractivity contribution in [3.63, 3.8) is 0 Å². The smallest absolute Gasteiger partial charge is 0.192 e. The van der Waals surface area contributed by atoms with Crippen LogP contribution in [-0.2, 0) is 6.54 Å². The largest absolute Gasteiger partial charge is 0.347 e. The van der Waals surface area contributed by atoms with Crippen LogP contribution in [0.25, 0.3) is 0 Å². The van der Waals surface area contributed by atoms with Crippen LogP contribution in [0, 0.1) is 0 Å². The summed E-state index contributed by atoms with van der Waals surface area (Å²) in [5.74, 6) is 0.799. The van der Waals surface area contributed by atoms with Crippen LogP contribution in [0.15, 0.2) is 89.9 Å². The first-order valence-corrected chi connectivity index (χ1v) is 9.10. The van der Waals surface area contributed by atoms with E-state index in [0.717, 1.165) is 16.5 Å². The predicted molar refractivity (Wildman–Crippen MR) is 107 cm³/mol. The standard InChI is InChI=1S/C22H20ClN3/c23-19-14-8-7-13-18(19)15-24-22-25-20(16-9-3-1-4-10-16)21(26-22)17-11-5-2-6-12-17/h1-14,20-21H,15H2,(H2,24,25,26)/t20-,21-/m1/s1. The van der Waals surface area contributed by atoms with Crippen molar-refractivity contribution in [1.82, 2.24) is 10.6 Å². The summed E-state index contributed by atoms with van der Waals surface area (Å²) < 4.78 is 0. The fraction of sp³-hybridized carbons (Fsp3) is 0.136. The molecule has 0 aliphatic carbocycles. The van der Waals surface area contributed by atoms with E-state index in [1.54, 1.807) is 0 Å². The second-order valence-electron chi connectivity index (χ2n) is 6.32. The molecule has 2 N–H and O–H groups in total. The summed E-state index contributed by atoms with van der Waals surface area (Å²) in [5.41, 5.74) is 3.48. The van der Waals surface area contributed by atoms with E-state index in [1.165, 1.54) is 11.1 Å². The number of rotatable bonds is 4. The van der Waals surface area contributed by atoms with E-state index >= 15 is 0 Å². The molecule has 1 aliphatic rings. The molecule has 0 radical (unpaired) electrons. The maximum Gasteiger partial charge on any atom is 0.192 e. The summed E-state index contributed by atoms with van der Waals surface area (Å²) in [4.78, 5) is 4.72. The Labute approximate surface area is 158 Å². The number of hydrogen-bond acceptors (Lipinski definition) is 1. The van der Waals surface area contributed by atoms with Crippen LogP contribution >= 0.6 is 11.6 Å². The molecule has 3 aromatic carbocycles. The van der Waals surface area contributed by atoms with E-state index in [4.69, 9.17) is 16.6 Å². The molecule has 0 spiro atoms. The van der Waals surface area contributed by atoms with Gasteiger partial charge in [0, 0.05) is 5.02 Å². The molecule has 1 heterocycles. The Morgan fingerprint density at radius 3 is 1.73 bits per heavy atom. The number of guanidine groups is 1. The second kappa shape index (κ2) is 7.63. The number of nitrogens with zero attached hydrogens (tertiary/aromatic N) is 1. The third kappa shape index (κ3) is 3.58. The highest BCUT2D eigenvalue weighted by molar-refractivity contribution is 6.31. The van der Waals surface area contributed by atoms with Crippen LogP contribution in [-0.4, -0.2) is 5.96 Å². The number of benzene rings is 3. The highest BCUT2D eigenvalue weighted by Gasteiger charge is 2.32. The second-order valence-corrected chi connectivity index (χ2v) is 6.73. The van der Waals surface area contributed by atoms with Gasteiger partial charge in [-0.05, 0) is 22.8 Å². The zero-order valence-electron chi connectivity index (χ0n) is 14.3. The van der Waals surface area contributed by atoms with Gasteiger partial charge in [-0.3, -0.25) is 0 Å². The molecule has 4 rings (SSSR count). The number of hydrogen-bond donors (Lipinski definition) is 2. The minimum absolute atomic E-state index is 0.128. The molecule has 2 atom stereocenters. The fourth-order valence-corrected chi connectivity index (χ4v) is 3.45. The molecule has 130 valence electrons. The highest BCUT2D eigenvalue weighted by atomic mass is 35.5. The van der Waals surface area contributed by atoms with Gasteiger partial charge < -0.3 is 10.6 Å². The normalized spacial score (nSPS) is 18.9. The van der Waals surface area contributed by atoms with E-state index in [-0.39, 0.29) is 12.1 Å². The lowest BCUT2D eigenvalue weighted by Crippen LogP contribution is -2.25. The van der Waals surface area contributed by atoms with Crippen molar-refractivity contribution in [2.75, 3.05) is 0 Å². The fourth-order valence-electron chi connectivity index (χ4n) is 3.26. The molecule has 1 saturated heterocycles. The Balaban J connectivity index is 1.61. The SMILES string of the molecule is Clc1ccccc1CN=C1N[C@H](c2ccccc2)[C@@H](c2ccccc2)N1. The molecule has 0 amide bonds. The molecule has 0 bridgehead atoms. The molecular weight excluding hydrogens is 342 g/mol. The van der Waals surface area contributed by atoms with Gasteiger partial charge >= 0.3 is 0 Å². The summed E-state index contributed by atoms with van der Waals surface area (Å²) in [5, 5.41) is 7.83. The first-order valence-electron chi connectivity index (χ1n) is 8.72. The number of halogens is 1. The van der Waals surface area contributed by atoms with Crippen molar-refractivity contribution in [2.24, 2.45) is 4.99 Å². The van der Waals surface area contributed by atoms with Crippen LogP contribution in [0.4, 0.5) is 0 Å². The van der Waals surface area contributed by atoms with Crippen molar-refractivity contribution in [3.8, 4) is 0 Å². The highest BCUT2D eigenvalue weighted by Crippen LogP contribution is 2.32. The first kappa shape index (κ1) is 16.7. The predicted octanol–water partition coefficient (Wildman–Crippen LogP) is 4.87. The molecule has 26 heavy (non-hydrogen) atoms. The summed E-state index contributed by atoms with van der Waals surface area (Å²) in [6, 6.07) is 29.0. The number of nitrogens with one attached hydrogen (secondary N) is 2. The Hall–Kier alpha value is -2.78. The minimum Gasteiger partial charge on any atom is -0.347 e. The van der Waals surface area contributed by atoms with E-state index < -0.39 is 0 Å². The lowest BCUT2D eigenvalue weighted by atomic mass is 9.95. The minimum atomic E-state index is 0.128. The molecule has 0 saturated carbocycles. The summed E-state index contributed by atoms with van der Waals surface area (Å²) >= 11 is 6.25. The third-order valence-electron chi connectivity index (χ3n) is 4.60. The lowest BCUT2D eigenvalue weighted by molar-refractivity contribution is 0.554. The molecule has 0 unspecified atom stereocenters. The van der Waals surface area contributed by atoms with E-state index in [9.17, 15) is 0 Å². The molecule has 3 nitrogen and oxygen atoms in total. The summed E-state index contributed by atoms with van der Waals surface area (Å²) in [6.45, 7) is 0.540. The zero-order valence-corrected chi connectivity index (χ0v) is 15.0. The Kier molecular flexibility index (Phi) is 4.89. The Morgan fingerprint density at radius 2 is 1.19 bits per heavy atom. The van der Waals surface area contributed by atoms with Gasteiger partial charge in [-0.1, -0.05) is 90.5 Å². The van der Waals surface area contributed by atoms with Crippen molar-refractivity contribution < 1.29 is 0 Å². The van der Waals surface area contributed by atoms with Crippen LogP contribution in [0.3, 0.4) is 0 Å². The van der Waals surface area contributed by atoms with Crippen LogP contribution < -0.4 is 10.6 Å². The Bertz CT molecular complexity index is 844. The van der Waals surface area contributed by atoms with Crippen molar-refractivity contribution in [3.05, 3.63) is 107 Å². The molecule has 4 heteroatoms.